The molecule has 2 amide bonds. The average Bonchev–Trinajstić information content (AvgIpc) is 2.74. The fraction of sp³-hybridized carbons (Fsp3) is 0.391. The van der Waals surface area contributed by atoms with E-state index < -0.39 is 48.9 Å². The second-order valence-corrected chi connectivity index (χ2v) is 8.09. The lowest BCUT2D eigenvalue weighted by molar-refractivity contribution is -0.228. The molecule has 172 valence electrons. The number of carbonyl (C=O) groups is 2. The van der Waals surface area contributed by atoms with Crippen molar-refractivity contribution in [2.45, 2.75) is 50.8 Å². The Kier molecular flexibility index (Phi) is 6.97. The number of benzene rings is 2. The summed E-state index contributed by atoms with van der Waals surface area (Å²) in [5.74, 6) is -1.31. The number of carbonyl (C=O) groups excluding carboxylic acids is 2. The van der Waals surface area contributed by atoms with Gasteiger partial charge in [0.25, 0.3) is 0 Å². The molecule has 2 aromatic carbocycles. The molecule has 0 bridgehead atoms. The van der Waals surface area contributed by atoms with Gasteiger partial charge in [0.2, 0.25) is 11.8 Å². The topological polar surface area (TPSA) is 176 Å². The second-order valence-electron chi connectivity index (χ2n) is 8.09. The fourth-order valence-corrected chi connectivity index (χ4v) is 4.24. The lowest BCUT2D eigenvalue weighted by atomic mass is 9.88. The van der Waals surface area contributed by atoms with E-state index in [-0.39, 0.29) is 17.5 Å². The zero-order valence-corrected chi connectivity index (χ0v) is 17.9. The summed E-state index contributed by atoms with van der Waals surface area (Å²) < 4.78 is 5.55. The van der Waals surface area contributed by atoms with Crippen LogP contribution >= 0.6 is 0 Å². The SMILES string of the molecule is Cc1c(C(N)=O)cc(-c2ccc(C[C@H]3O[C@H](CO)[C@@H](O)[C@H](O)[C@@H]3O)cc2)c(C)c1C(N)=O. The summed E-state index contributed by atoms with van der Waals surface area (Å²) >= 11 is 0. The van der Waals surface area contributed by atoms with Crippen LogP contribution in [-0.4, -0.2) is 69.4 Å². The van der Waals surface area contributed by atoms with Gasteiger partial charge in [0, 0.05) is 17.5 Å². The minimum absolute atomic E-state index is 0.213. The van der Waals surface area contributed by atoms with Crippen LogP contribution in [0, 0.1) is 13.8 Å². The molecule has 0 aromatic heterocycles. The average molecular weight is 444 g/mol. The van der Waals surface area contributed by atoms with Gasteiger partial charge in [-0.25, -0.2) is 0 Å². The van der Waals surface area contributed by atoms with Crippen molar-refractivity contribution in [2.75, 3.05) is 6.61 Å². The number of amides is 2. The highest BCUT2D eigenvalue weighted by Crippen LogP contribution is 2.31. The predicted molar refractivity (Wildman–Crippen MR) is 116 cm³/mol. The molecule has 0 spiro atoms. The smallest absolute Gasteiger partial charge is 0.249 e. The van der Waals surface area contributed by atoms with Crippen molar-refractivity contribution in [3.05, 3.63) is 58.1 Å². The molecule has 8 N–H and O–H groups in total. The third-order valence-corrected chi connectivity index (χ3v) is 6.05. The van der Waals surface area contributed by atoms with Crippen molar-refractivity contribution in [3.63, 3.8) is 0 Å². The first-order chi connectivity index (χ1) is 15.1. The zero-order chi connectivity index (χ0) is 23.7. The molecule has 1 aliphatic heterocycles. The summed E-state index contributed by atoms with van der Waals surface area (Å²) in [5.41, 5.74) is 14.7. The maximum atomic E-state index is 12.0. The Bertz CT molecular complexity index is 1020. The van der Waals surface area contributed by atoms with Crippen LogP contribution < -0.4 is 11.5 Å². The Balaban J connectivity index is 1.91. The standard InChI is InChI=1S/C23H28N2O7/c1-10-14(8-15(22(24)30)11(2)18(10)23(25)31)13-5-3-12(4-6-13)7-16-19(27)21(29)20(28)17(9-26)32-16/h3-6,8,16-17,19-21,26-29H,7,9H2,1-2H3,(H2,24,30)(H2,25,31)/t16-,17-,19-,20-,21-/m1/s1. The number of hydrogen-bond donors (Lipinski definition) is 6. The molecule has 32 heavy (non-hydrogen) atoms. The number of ether oxygens (including phenoxy) is 1. The van der Waals surface area contributed by atoms with Crippen LogP contribution in [-0.2, 0) is 11.2 Å². The van der Waals surface area contributed by atoms with E-state index in [2.05, 4.69) is 0 Å². The monoisotopic (exact) mass is 444 g/mol. The van der Waals surface area contributed by atoms with E-state index >= 15 is 0 Å². The van der Waals surface area contributed by atoms with E-state index in [1.54, 1.807) is 44.2 Å². The maximum absolute atomic E-state index is 12.0. The molecule has 0 saturated carbocycles. The number of primary amides is 2. The number of aliphatic hydroxyl groups excluding tert-OH is 4. The highest BCUT2D eigenvalue weighted by Gasteiger charge is 2.43. The van der Waals surface area contributed by atoms with Gasteiger partial charge >= 0.3 is 0 Å². The Morgan fingerprint density at radius 2 is 1.50 bits per heavy atom. The molecule has 2 aromatic rings. The first-order valence-electron chi connectivity index (χ1n) is 10.2. The summed E-state index contributed by atoms with van der Waals surface area (Å²) in [6, 6.07) is 8.76. The molecule has 1 aliphatic rings. The van der Waals surface area contributed by atoms with Gasteiger partial charge in [-0.3, -0.25) is 9.59 Å². The summed E-state index contributed by atoms with van der Waals surface area (Å²) in [7, 11) is 0. The highest BCUT2D eigenvalue weighted by atomic mass is 16.5. The number of rotatable bonds is 6. The van der Waals surface area contributed by atoms with Crippen LogP contribution in [0.1, 0.15) is 37.4 Å². The van der Waals surface area contributed by atoms with Gasteiger partial charge in [0.15, 0.2) is 0 Å². The van der Waals surface area contributed by atoms with E-state index in [0.29, 0.717) is 16.7 Å². The Labute approximate surface area is 185 Å². The van der Waals surface area contributed by atoms with Crippen molar-refractivity contribution in [3.8, 4) is 11.1 Å². The van der Waals surface area contributed by atoms with Crippen LogP contribution in [0.4, 0.5) is 0 Å². The lowest BCUT2D eigenvalue weighted by Gasteiger charge is -2.40. The van der Waals surface area contributed by atoms with Gasteiger partial charge in [-0.1, -0.05) is 24.3 Å². The lowest BCUT2D eigenvalue weighted by Crippen LogP contribution is -2.58. The van der Waals surface area contributed by atoms with Gasteiger partial charge < -0.3 is 36.6 Å². The molecule has 0 unspecified atom stereocenters. The first-order valence-corrected chi connectivity index (χ1v) is 10.2. The van der Waals surface area contributed by atoms with Crippen LogP contribution in [0.15, 0.2) is 30.3 Å². The van der Waals surface area contributed by atoms with Gasteiger partial charge in [0.1, 0.15) is 24.4 Å². The molecule has 1 fully saturated rings. The first kappa shape index (κ1) is 23.8. The van der Waals surface area contributed by atoms with Gasteiger partial charge in [-0.05, 0) is 47.7 Å². The fourth-order valence-electron chi connectivity index (χ4n) is 4.24. The molecular weight excluding hydrogens is 416 g/mol. The van der Waals surface area contributed by atoms with Crippen LogP contribution in [0.25, 0.3) is 11.1 Å². The van der Waals surface area contributed by atoms with Crippen molar-refractivity contribution < 1.29 is 34.8 Å². The Hall–Kier alpha value is -2.82. The molecule has 1 heterocycles. The third-order valence-electron chi connectivity index (χ3n) is 6.05. The molecule has 0 radical (unpaired) electrons. The van der Waals surface area contributed by atoms with Crippen LogP contribution in [0.2, 0.25) is 0 Å². The molecule has 3 rings (SSSR count). The molecule has 1 saturated heterocycles. The highest BCUT2D eigenvalue weighted by molar-refractivity contribution is 6.04. The summed E-state index contributed by atoms with van der Waals surface area (Å²) in [4.78, 5) is 23.9. The number of hydrogen-bond acceptors (Lipinski definition) is 7. The second kappa shape index (κ2) is 9.35. The van der Waals surface area contributed by atoms with E-state index in [0.717, 1.165) is 11.1 Å². The van der Waals surface area contributed by atoms with E-state index in [9.17, 15) is 30.0 Å². The summed E-state index contributed by atoms with van der Waals surface area (Å²) in [5, 5.41) is 39.5. The normalized spacial score (nSPS) is 25.5. The Morgan fingerprint density at radius 1 is 0.906 bits per heavy atom. The number of nitrogens with two attached hydrogens (primary N) is 2. The molecule has 0 aliphatic carbocycles. The summed E-state index contributed by atoms with van der Waals surface area (Å²) in [6.07, 6.45) is -5.71. The van der Waals surface area contributed by atoms with E-state index in [1.165, 1.54) is 0 Å². The Morgan fingerprint density at radius 3 is 2.03 bits per heavy atom. The molecule has 9 nitrogen and oxygen atoms in total. The number of aliphatic hydroxyl groups is 4. The minimum Gasteiger partial charge on any atom is -0.394 e. The molecule has 5 atom stereocenters. The van der Waals surface area contributed by atoms with Crippen molar-refractivity contribution in [2.24, 2.45) is 11.5 Å². The molecule has 9 heteroatoms. The predicted octanol–water partition coefficient (Wildman–Crippen LogP) is -0.447. The maximum Gasteiger partial charge on any atom is 0.249 e. The summed E-state index contributed by atoms with van der Waals surface area (Å²) in [6.45, 7) is 2.88. The van der Waals surface area contributed by atoms with Crippen LogP contribution in [0.5, 0.6) is 0 Å². The van der Waals surface area contributed by atoms with E-state index in [4.69, 9.17) is 16.2 Å². The van der Waals surface area contributed by atoms with Gasteiger partial charge in [0.05, 0.1) is 12.7 Å². The third kappa shape index (κ3) is 4.38. The minimum atomic E-state index is -1.43. The van der Waals surface area contributed by atoms with Crippen molar-refractivity contribution in [1.29, 1.82) is 0 Å². The van der Waals surface area contributed by atoms with Crippen molar-refractivity contribution >= 4 is 11.8 Å². The quantitative estimate of drug-likeness (QED) is 0.350. The zero-order valence-electron chi connectivity index (χ0n) is 17.9. The largest absolute Gasteiger partial charge is 0.394 e. The van der Waals surface area contributed by atoms with Crippen molar-refractivity contribution in [1.82, 2.24) is 0 Å². The van der Waals surface area contributed by atoms with Gasteiger partial charge in [-0.2, -0.15) is 0 Å². The van der Waals surface area contributed by atoms with E-state index in [1.807, 2.05) is 0 Å². The van der Waals surface area contributed by atoms with Gasteiger partial charge in [-0.15, -0.1) is 0 Å². The van der Waals surface area contributed by atoms with Crippen LogP contribution in [0.3, 0.4) is 0 Å². The molecular formula is C23H28N2O7.